The van der Waals surface area contributed by atoms with E-state index >= 15 is 0 Å². The molecule has 5 rings (SSSR count). The van der Waals surface area contributed by atoms with Crippen LogP contribution in [0.4, 0.5) is 4.39 Å². The van der Waals surface area contributed by atoms with Gasteiger partial charge >= 0.3 is 0 Å². The van der Waals surface area contributed by atoms with Gasteiger partial charge in [-0.1, -0.05) is 6.42 Å². The molecule has 2 aliphatic rings. The lowest BCUT2D eigenvalue weighted by molar-refractivity contribution is 0.00652. The molecule has 8 heteroatoms. The van der Waals surface area contributed by atoms with Gasteiger partial charge in [0.25, 0.3) is 0 Å². The molecule has 1 aromatic carbocycles. The first-order chi connectivity index (χ1) is 14.2. The molecule has 4 heterocycles. The number of aromatic hydroxyl groups is 1. The van der Waals surface area contributed by atoms with Gasteiger partial charge in [0.15, 0.2) is 6.17 Å². The third-order valence-electron chi connectivity index (χ3n) is 5.75. The van der Waals surface area contributed by atoms with Crippen LogP contribution in [-0.4, -0.2) is 49.2 Å². The second-order valence-electron chi connectivity index (χ2n) is 7.67. The zero-order valence-corrected chi connectivity index (χ0v) is 15.8. The predicted molar refractivity (Wildman–Crippen MR) is 105 cm³/mol. The van der Waals surface area contributed by atoms with E-state index in [-0.39, 0.29) is 11.8 Å². The number of piperidine rings is 2. The maximum absolute atomic E-state index is 14.7. The first-order valence-corrected chi connectivity index (χ1v) is 9.89. The molecule has 7 nitrogen and oxygen atoms in total. The molecule has 0 aliphatic carbocycles. The van der Waals surface area contributed by atoms with E-state index in [0.29, 0.717) is 29.6 Å². The summed E-state index contributed by atoms with van der Waals surface area (Å²) in [7, 11) is 0. The summed E-state index contributed by atoms with van der Waals surface area (Å²) < 4.78 is 22.3. The van der Waals surface area contributed by atoms with Gasteiger partial charge in [0.05, 0.1) is 17.7 Å². The fourth-order valence-electron chi connectivity index (χ4n) is 4.26. The first kappa shape index (κ1) is 18.1. The monoisotopic (exact) mass is 395 g/mol. The topological polar surface area (TPSA) is 85.1 Å². The minimum absolute atomic E-state index is 0.0918. The molecular weight excluding hydrogens is 373 g/mol. The van der Waals surface area contributed by atoms with Crippen molar-refractivity contribution in [3.63, 3.8) is 0 Å². The molecule has 29 heavy (non-hydrogen) atoms. The normalized spacial score (nSPS) is 26.2. The molecule has 2 aliphatic heterocycles. The lowest BCUT2D eigenvalue weighted by atomic mass is 9.84. The van der Waals surface area contributed by atoms with Crippen molar-refractivity contribution in [2.75, 3.05) is 0 Å². The summed E-state index contributed by atoms with van der Waals surface area (Å²) in [6.07, 6.45) is 7.18. The highest BCUT2D eigenvalue weighted by Crippen LogP contribution is 2.32. The number of halogens is 1. The fraction of sp³-hybridized carbons (Fsp3) is 0.381. The number of hydrogen-bond acceptors (Lipinski definition) is 6. The molecule has 150 valence electrons. The van der Waals surface area contributed by atoms with Crippen LogP contribution >= 0.6 is 0 Å². The van der Waals surface area contributed by atoms with E-state index in [1.807, 2.05) is 6.07 Å². The minimum Gasteiger partial charge on any atom is -0.507 e. The smallest absolute Gasteiger partial charge is 0.233 e. The highest BCUT2D eigenvalue weighted by Gasteiger charge is 2.41. The van der Waals surface area contributed by atoms with Crippen LogP contribution in [0.25, 0.3) is 16.9 Å². The Hall–Kier alpha value is -3.00. The number of hydrogen-bond donors (Lipinski definition) is 2. The van der Waals surface area contributed by atoms with Gasteiger partial charge in [-0.25, -0.2) is 9.37 Å². The average molecular weight is 395 g/mol. The second kappa shape index (κ2) is 7.44. The van der Waals surface area contributed by atoms with Gasteiger partial charge in [-0.05, 0) is 31.0 Å². The largest absolute Gasteiger partial charge is 0.507 e. The van der Waals surface area contributed by atoms with Crippen molar-refractivity contribution in [2.45, 2.75) is 50.0 Å². The highest BCUT2D eigenvalue weighted by molar-refractivity contribution is 5.68. The van der Waals surface area contributed by atoms with Crippen molar-refractivity contribution in [2.24, 2.45) is 0 Å². The van der Waals surface area contributed by atoms with Gasteiger partial charge < -0.3 is 19.7 Å². The number of fused-ring (bicyclic) bond motifs is 2. The number of alkyl halides is 1. The summed E-state index contributed by atoms with van der Waals surface area (Å²) in [6.45, 7) is 0. The summed E-state index contributed by atoms with van der Waals surface area (Å²) in [6, 6.07) is 8.87. The number of benzene rings is 1. The van der Waals surface area contributed by atoms with Crippen molar-refractivity contribution in [3.8, 4) is 28.6 Å². The van der Waals surface area contributed by atoms with Crippen molar-refractivity contribution in [1.82, 2.24) is 25.1 Å². The lowest BCUT2D eigenvalue weighted by Crippen LogP contribution is -2.59. The van der Waals surface area contributed by atoms with E-state index in [1.54, 1.807) is 47.6 Å². The molecule has 2 saturated heterocycles. The third kappa shape index (κ3) is 3.55. The van der Waals surface area contributed by atoms with Crippen LogP contribution in [0.1, 0.15) is 25.7 Å². The summed E-state index contributed by atoms with van der Waals surface area (Å²) in [5, 5.41) is 22.0. The Bertz CT molecular complexity index is 979. The van der Waals surface area contributed by atoms with Gasteiger partial charge in [-0.2, -0.15) is 0 Å². The quantitative estimate of drug-likeness (QED) is 0.706. The zero-order chi connectivity index (χ0) is 19.8. The van der Waals surface area contributed by atoms with Gasteiger partial charge in [0.2, 0.25) is 5.88 Å². The van der Waals surface area contributed by atoms with E-state index in [9.17, 15) is 9.50 Å². The van der Waals surface area contributed by atoms with Crippen LogP contribution < -0.4 is 10.1 Å². The molecule has 2 bridgehead atoms. The fourth-order valence-corrected chi connectivity index (χ4v) is 4.26. The molecule has 3 aromatic rings. The van der Waals surface area contributed by atoms with E-state index in [4.69, 9.17) is 4.74 Å². The number of nitrogens with one attached hydrogen (secondary N) is 1. The van der Waals surface area contributed by atoms with Crippen LogP contribution in [0.2, 0.25) is 0 Å². The maximum Gasteiger partial charge on any atom is 0.233 e. The molecule has 0 saturated carbocycles. The lowest BCUT2D eigenvalue weighted by Gasteiger charge is -2.42. The molecule has 2 N–H and O–H groups in total. The van der Waals surface area contributed by atoms with E-state index < -0.39 is 12.3 Å². The van der Waals surface area contributed by atoms with Crippen LogP contribution in [0.15, 0.2) is 49.1 Å². The van der Waals surface area contributed by atoms with Crippen molar-refractivity contribution in [3.05, 3.63) is 49.1 Å². The molecule has 0 radical (unpaired) electrons. The number of phenolic OH excluding ortho intramolecular Hbond substituents is 1. The summed E-state index contributed by atoms with van der Waals surface area (Å²) in [5.74, 6) is 0.394. The standard InChI is InChI=1S/C21H22FN5O2/c22-21-17-3-1-2-13(24-17)10-19(21)29-20-7-6-16(25-26-20)15-5-4-14(11-18(15)28)27-9-8-23-12-27/h4-9,11-13,17,19,21,24,28H,1-3,10H2/t13?,17?,19-,21-/m0/s1. The minimum atomic E-state index is -1.05. The number of phenols is 1. The Balaban J connectivity index is 1.31. The van der Waals surface area contributed by atoms with Crippen molar-refractivity contribution < 1.29 is 14.2 Å². The van der Waals surface area contributed by atoms with Crippen LogP contribution in [0.3, 0.4) is 0 Å². The van der Waals surface area contributed by atoms with E-state index in [2.05, 4.69) is 20.5 Å². The van der Waals surface area contributed by atoms with Crippen molar-refractivity contribution in [1.29, 1.82) is 0 Å². The Labute approximate surface area is 167 Å². The average Bonchev–Trinajstić information content (AvgIpc) is 3.28. The van der Waals surface area contributed by atoms with Crippen LogP contribution in [0, 0.1) is 0 Å². The molecule has 4 atom stereocenters. The SMILES string of the molecule is Oc1cc(-n2ccnc2)ccc1-c1ccc(O[C@H]2CC3CCCC(N3)[C@@H]2F)nn1. The molecule has 2 fully saturated rings. The molecule has 2 unspecified atom stereocenters. The van der Waals surface area contributed by atoms with Crippen LogP contribution in [0.5, 0.6) is 11.6 Å². The molecular formula is C21H22FN5O2. The highest BCUT2D eigenvalue weighted by atomic mass is 19.1. The second-order valence-corrected chi connectivity index (χ2v) is 7.67. The number of imidazole rings is 1. The van der Waals surface area contributed by atoms with E-state index in [1.165, 1.54) is 0 Å². The zero-order valence-electron chi connectivity index (χ0n) is 15.8. The summed E-state index contributed by atoms with van der Waals surface area (Å²) in [5.41, 5.74) is 1.88. The number of ether oxygens (including phenoxy) is 1. The van der Waals surface area contributed by atoms with Crippen LogP contribution in [-0.2, 0) is 0 Å². The van der Waals surface area contributed by atoms with Gasteiger partial charge in [0, 0.05) is 48.6 Å². The summed E-state index contributed by atoms with van der Waals surface area (Å²) >= 11 is 0. The predicted octanol–water partition coefficient (Wildman–Crippen LogP) is 3.03. The number of rotatable bonds is 4. The number of aromatic nitrogens is 4. The molecule has 2 aromatic heterocycles. The Morgan fingerprint density at radius 3 is 2.86 bits per heavy atom. The maximum atomic E-state index is 14.7. The van der Waals surface area contributed by atoms with E-state index in [0.717, 1.165) is 24.9 Å². The third-order valence-corrected chi connectivity index (χ3v) is 5.75. The Kier molecular flexibility index (Phi) is 4.63. The van der Waals surface area contributed by atoms with Gasteiger partial charge in [0.1, 0.15) is 11.9 Å². The number of nitrogens with zero attached hydrogens (tertiary/aromatic N) is 4. The molecule has 0 amide bonds. The Morgan fingerprint density at radius 1 is 1.17 bits per heavy atom. The Morgan fingerprint density at radius 2 is 2.10 bits per heavy atom. The van der Waals surface area contributed by atoms with Gasteiger partial charge in [-0.3, -0.25) is 0 Å². The summed E-state index contributed by atoms with van der Waals surface area (Å²) in [4.78, 5) is 4.00. The first-order valence-electron chi connectivity index (χ1n) is 9.89. The molecule has 0 spiro atoms. The van der Waals surface area contributed by atoms with Crippen molar-refractivity contribution >= 4 is 0 Å². The van der Waals surface area contributed by atoms with Gasteiger partial charge in [-0.15, -0.1) is 10.2 Å².